The summed E-state index contributed by atoms with van der Waals surface area (Å²) in [6, 6.07) is 3.97. The minimum Gasteiger partial charge on any atom is -0.396 e. The van der Waals surface area contributed by atoms with E-state index in [4.69, 9.17) is 5.73 Å². The summed E-state index contributed by atoms with van der Waals surface area (Å²) >= 11 is 1.61. The van der Waals surface area contributed by atoms with E-state index in [0.29, 0.717) is 11.5 Å². The van der Waals surface area contributed by atoms with Gasteiger partial charge in [0.25, 0.3) is 5.78 Å². The molecule has 0 radical (unpaired) electrons. The molecule has 0 aliphatic rings. The van der Waals surface area contributed by atoms with Gasteiger partial charge in [-0.3, -0.25) is 0 Å². The summed E-state index contributed by atoms with van der Waals surface area (Å²) in [5, 5.41) is 6.10. The highest BCUT2D eigenvalue weighted by atomic mass is 32.1. The van der Waals surface area contributed by atoms with Gasteiger partial charge in [0.05, 0.1) is 16.8 Å². The molecule has 0 fully saturated rings. The van der Waals surface area contributed by atoms with Gasteiger partial charge in [-0.1, -0.05) is 6.07 Å². The third-order valence-corrected chi connectivity index (χ3v) is 2.97. The molecule has 15 heavy (non-hydrogen) atoms. The smallest absolute Gasteiger partial charge is 0.252 e. The fraction of sp³-hybridized carbons (Fsp3) is 0. The molecule has 0 aliphatic heterocycles. The Morgan fingerprint density at radius 2 is 2.27 bits per heavy atom. The Balaban J connectivity index is 2.41. The molecule has 0 aliphatic carbocycles. The van der Waals surface area contributed by atoms with E-state index in [1.807, 2.05) is 17.5 Å². The molecule has 2 N–H and O–H groups in total. The van der Waals surface area contributed by atoms with Crippen molar-refractivity contribution in [1.29, 1.82) is 0 Å². The average Bonchev–Trinajstić information content (AvgIpc) is 2.85. The Labute approximate surface area is 89.2 Å². The summed E-state index contributed by atoms with van der Waals surface area (Å²) < 4.78 is 1.65. The number of nitrogen functional groups attached to an aromatic ring is 1. The van der Waals surface area contributed by atoms with Gasteiger partial charge >= 0.3 is 0 Å². The number of hydrogen-bond acceptors (Lipinski definition) is 5. The highest BCUT2D eigenvalue weighted by molar-refractivity contribution is 7.13. The van der Waals surface area contributed by atoms with Crippen molar-refractivity contribution in [2.24, 2.45) is 0 Å². The predicted octanol–water partition coefficient (Wildman–Crippen LogP) is 1.44. The number of nitrogens with two attached hydrogens (primary N) is 1. The van der Waals surface area contributed by atoms with E-state index in [1.165, 1.54) is 6.33 Å². The molecule has 0 amide bonds. The Morgan fingerprint density at radius 3 is 3.07 bits per heavy atom. The Hall–Kier alpha value is -1.95. The SMILES string of the molecule is Nc1cnc2ncnn2c1-c1cccs1. The zero-order valence-electron chi connectivity index (χ0n) is 7.66. The van der Waals surface area contributed by atoms with Gasteiger partial charge in [0.1, 0.15) is 12.0 Å². The largest absolute Gasteiger partial charge is 0.396 e. The molecule has 0 bridgehead atoms. The van der Waals surface area contributed by atoms with Crippen molar-refractivity contribution < 1.29 is 0 Å². The Morgan fingerprint density at radius 1 is 1.33 bits per heavy atom. The molecule has 3 aromatic heterocycles. The summed E-state index contributed by atoms with van der Waals surface area (Å²) in [4.78, 5) is 9.16. The van der Waals surface area contributed by atoms with Crippen LogP contribution in [0.4, 0.5) is 5.69 Å². The second-order valence-electron chi connectivity index (χ2n) is 3.01. The fourth-order valence-electron chi connectivity index (χ4n) is 1.45. The lowest BCUT2D eigenvalue weighted by molar-refractivity contribution is 0.953. The van der Waals surface area contributed by atoms with Crippen molar-refractivity contribution in [3.8, 4) is 10.6 Å². The first-order chi connectivity index (χ1) is 7.36. The summed E-state index contributed by atoms with van der Waals surface area (Å²) in [6.07, 6.45) is 3.08. The maximum Gasteiger partial charge on any atom is 0.252 e. The Bertz CT molecular complexity index is 598. The Kier molecular flexibility index (Phi) is 1.69. The molecular weight excluding hydrogens is 210 g/mol. The van der Waals surface area contributed by atoms with Crippen LogP contribution in [0.1, 0.15) is 0 Å². The van der Waals surface area contributed by atoms with Crippen LogP contribution in [0, 0.1) is 0 Å². The number of fused-ring (bicyclic) bond motifs is 1. The molecule has 0 spiro atoms. The first kappa shape index (κ1) is 8.37. The monoisotopic (exact) mass is 217 g/mol. The number of aromatic nitrogens is 4. The first-order valence-electron chi connectivity index (χ1n) is 4.34. The summed E-state index contributed by atoms with van der Waals surface area (Å²) in [7, 11) is 0. The third-order valence-electron chi connectivity index (χ3n) is 2.09. The van der Waals surface area contributed by atoms with Crippen LogP contribution in [-0.4, -0.2) is 19.6 Å². The van der Waals surface area contributed by atoms with Crippen molar-refractivity contribution in [3.63, 3.8) is 0 Å². The molecule has 5 nitrogen and oxygen atoms in total. The van der Waals surface area contributed by atoms with E-state index in [9.17, 15) is 0 Å². The lowest BCUT2D eigenvalue weighted by atomic mass is 10.3. The van der Waals surface area contributed by atoms with Crippen molar-refractivity contribution in [2.45, 2.75) is 0 Å². The van der Waals surface area contributed by atoms with Crippen LogP contribution in [0.5, 0.6) is 0 Å². The van der Waals surface area contributed by atoms with Crippen LogP contribution in [-0.2, 0) is 0 Å². The maximum atomic E-state index is 5.89. The maximum absolute atomic E-state index is 5.89. The highest BCUT2D eigenvalue weighted by Gasteiger charge is 2.10. The van der Waals surface area contributed by atoms with Crippen molar-refractivity contribution in [1.82, 2.24) is 19.6 Å². The number of hydrogen-bond donors (Lipinski definition) is 1. The minimum atomic E-state index is 0.563. The van der Waals surface area contributed by atoms with E-state index in [2.05, 4.69) is 15.1 Å². The molecule has 0 aromatic carbocycles. The number of anilines is 1. The molecule has 0 saturated heterocycles. The zero-order valence-corrected chi connectivity index (χ0v) is 8.48. The van der Waals surface area contributed by atoms with E-state index >= 15 is 0 Å². The van der Waals surface area contributed by atoms with Crippen LogP contribution in [0.2, 0.25) is 0 Å². The second-order valence-corrected chi connectivity index (χ2v) is 3.96. The average molecular weight is 217 g/mol. The number of nitrogens with zero attached hydrogens (tertiary/aromatic N) is 4. The quantitative estimate of drug-likeness (QED) is 0.669. The second kappa shape index (κ2) is 3.03. The van der Waals surface area contributed by atoms with E-state index < -0.39 is 0 Å². The van der Waals surface area contributed by atoms with Gasteiger partial charge in [0.2, 0.25) is 0 Å². The minimum absolute atomic E-state index is 0.563. The third kappa shape index (κ3) is 1.18. The number of thiophene rings is 1. The van der Waals surface area contributed by atoms with Crippen LogP contribution in [0.15, 0.2) is 30.0 Å². The predicted molar refractivity (Wildman–Crippen MR) is 58.5 cm³/mol. The molecule has 3 aromatic rings. The lowest BCUT2D eigenvalue weighted by Gasteiger charge is -2.03. The fourth-order valence-corrected chi connectivity index (χ4v) is 2.23. The van der Waals surface area contributed by atoms with Gasteiger partial charge in [-0.2, -0.15) is 14.6 Å². The zero-order chi connectivity index (χ0) is 10.3. The van der Waals surface area contributed by atoms with E-state index in [-0.39, 0.29) is 0 Å². The molecule has 0 saturated carbocycles. The summed E-state index contributed by atoms with van der Waals surface area (Å²) in [5.41, 5.74) is 7.35. The van der Waals surface area contributed by atoms with Gasteiger partial charge in [0, 0.05) is 0 Å². The van der Waals surface area contributed by atoms with Crippen molar-refractivity contribution >= 4 is 22.8 Å². The standard InChI is InChI=1S/C9H7N5S/c10-6-4-11-9-12-5-13-14(9)8(6)7-2-1-3-15-7/h1-5H,10H2. The first-order valence-corrected chi connectivity index (χ1v) is 5.22. The molecule has 3 heterocycles. The highest BCUT2D eigenvalue weighted by Crippen LogP contribution is 2.28. The normalized spacial score (nSPS) is 10.9. The van der Waals surface area contributed by atoms with E-state index in [0.717, 1.165) is 10.6 Å². The number of rotatable bonds is 1. The van der Waals surface area contributed by atoms with Gasteiger partial charge in [0.15, 0.2) is 0 Å². The van der Waals surface area contributed by atoms with Crippen LogP contribution in [0.3, 0.4) is 0 Å². The van der Waals surface area contributed by atoms with Gasteiger partial charge < -0.3 is 5.73 Å². The van der Waals surface area contributed by atoms with Gasteiger partial charge in [-0.15, -0.1) is 11.3 Å². The van der Waals surface area contributed by atoms with Crippen LogP contribution < -0.4 is 5.73 Å². The molecular formula is C9H7N5S. The summed E-state index contributed by atoms with van der Waals surface area (Å²) in [5.74, 6) is 0.563. The van der Waals surface area contributed by atoms with Crippen molar-refractivity contribution in [3.05, 3.63) is 30.0 Å². The molecule has 6 heteroatoms. The van der Waals surface area contributed by atoms with Crippen LogP contribution >= 0.6 is 11.3 Å². The molecule has 3 rings (SSSR count). The topological polar surface area (TPSA) is 69.1 Å². The van der Waals surface area contributed by atoms with Crippen LogP contribution in [0.25, 0.3) is 16.3 Å². The van der Waals surface area contributed by atoms with E-state index in [1.54, 1.807) is 22.0 Å². The molecule has 74 valence electrons. The van der Waals surface area contributed by atoms with Gasteiger partial charge in [-0.05, 0) is 11.4 Å². The van der Waals surface area contributed by atoms with Gasteiger partial charge in [-0.25, -0.2) is 4.98 Å². The lowest BCUT2D eigenvalue weighted by Crippen LogP contribution is -2.00. The molecule has 0 atom stereocenters. The van der Waals surface area contributed by atoms with Crippen molar-refractivity contribution in [2.75, 3.05) is 5.73 Å². The molecule has 0 unspecified atom stereocenters. The summed E-state index contributed by atoms with van der Waals surface area (Å²) in [6.45, 7) is 0.